The van der Waals surface area contributed by atoms with Gasteiger partial charge in [-0.25, -0.2) is 28.6 Å². The summed E-state index contributed by atoms with van der Waals surface area (Å²) >= 11 is 1.03. The highest BCUT2D eigenvalue weighted by molar-refractivity contribution is 8.13. The molecule has 3 heterocycles. The number of carboxylic acid groups (broad SMARTS) is 1. The molecule has 1 saturated heterocycles. The molecule has 342 valence electrons. The molecule has 0 aliphatic carbocycles. The Bertz CT molecular complexity index is 2050. The van der Waals surface area contributed by atoms with Gasteiger partial charge in [-0.15, -0.1) is 0 Å². The molecule has 2 amide bonds. The number of aliphatic hydroxyl groups is 2. The third-order valence-corrected chi connectivity index (χ3v) is 12.2. The number of ether oxygens (including phenoxy) is 1. The van der Waals surface area contributed by atoms with Crippen LogP contribution in [0.1, 0.15) is 52.2 Å². The predicted octanol–water partition coefficient (Wildman–Crippen LogP) is 0.422. The minimum absolute atomic E-state index is 0.0224. The maximum atomic E-state index is 12.7. The van der Waals surface area contributed by atoms with Crippen molar-refractivity contribution in [3.05, 3.63) is 37.0 Å². The molecule has 1 aliphatic heterocycles. The molecule has 0 radical (unpaired) electrons. The summed E-state index contributed by atoms with van der Waals surface area (Å²) < 4.78 is 62.1. The van der Waals surface area contributed by atoms with E-state index in [4.69, 9.17) is 24.6 Å². The lowest BCUT2D eigenvalue weighted by Gasteiger charge is -2.30. The highest BCUT2D eigenvalue weighted by Gasteiger charge is 2.50. The first kappa shape index (κ1) is 51.9. The summed E-state index contributed by atoms with van der Waals surface area (Å²) in [4.78, 5) is 98.2. The van der Waals surface area contributed by atoms with Gasteiger partial charge in [-0.3, -0.25) is 37.3 Å². The third kappa shape index (κ3) is 17.7. The number of anilines is 1. The molecule has 2 aromatic rings. The SMILES string of the molecule is CC(C)(COP(=O)(O)OP(=O)(O)OCC1OC(n2cnc3c(N)ncnc32)C(O)C1OP(=O)(O)O)C(O)C(=O)NCCC(=O)NCCSC(=O)CC/C=C/C/C=C/CC(=O)O. The number of thioether (sulfide) groups is 1. The van der Waals surface area contributed by atoms with Gasteiger partial charge < -0.3 is 56.0 Å². The topological polar surface area (TPSA) is 401 Å². The number of nitrogens with one attached hydrogen (secondary N) is 2. The first-order valence-electron chi connectivity index (χ1n) is 18.0. The van der Waals surface area contributed by atoms with E-state index in [0.29, 0.717) is 18.6 Å². The van der Waals surface area contributed by atoms with Gasteiger partial charge in [-0.2, -0.15) is 4.31 Å². The Morgan fingerprint density at radius 3 is 2.38 bits per heavy atom. The third-order valence-electron chi connectivity index (χ3n) is 8.18. The lowest BCUT2D eigenvalue weighted by Crippen LogP contribution is -2.46. The Hall–Kier alpha value is -3.49. The second-order valence-corrected chi connectivity index (χ2v) is 19.0. The van der Waals surface area contributed by atoms with Crippen molar-refractivity contribution in [2.24, 2.45) is 5.41 Å². The van der Waals surface area contributed by atoms with Crippen molar-refractivity contribution in [3.8, 4) is 0 Å². The fourth-order valence-corrected chi connectivity index (χ4v) is 8.66. The second-order valence-electron chi connectivity index (χ2n) is 13.6. The molecule has 7 unspecified atom stereocenters. The van der Waals surface area contributed by atoms with Crippen LogP contribution in [0, 0.1) is 5.41 Å². The average molecular weight is 948 g/mol. The minimum atomic E-state index is -5.59. The van der Waals surface area contributed by atoms with Crippen LogP contribution in [-0.2, 0) is 55.5 Å². The first-order chi connectivity index (χ1) is 28.4. The number of phosphoric ester groups is 3. The van der Waals surface area contributed by atoms with Gasteiger partial charge in [0.15, 0.2) is 22.8 Å². The number of phosphoric acid groups is 3. The fourth-order valence-electron chi connectivity index (χ4n) is 5.14. The Morgan fingerprint density at radius 2 is 1.69 bits per heavy atom. The van der Waals surface area contributed by atoms with Crippen LogP contribution in [-0.4, -0.2) is 134 Å². The van der Waals surface area contributed by atoms with E-state index in [2.05, 4.69) is 34.4 Å². The highest BCUT2D eigenvalue weighted by atomic mass is 32.2. The van der Waals surface area contributed by atoms with Crippen LogP contribution in [0.4, 0.5) is 5.82 Å². The van der Waals surface area contributed by atoms with Crippen LogP contribution in [0.15, 0.2) is 37.0 Å². The first-order valence-corrected chi connectivity index (χ1v) is 23.5. The maximum absolute atomic E-state index is 12.7. The molecule has 1 fully saturated rings. The number of nitrogens with two attached hydrogens (primary N) is 1. The van der Waals surface area contributed by atoms with Crippen LogP contribution in [0.25, 0.3) is 11.2 Å². The maximum Gasteiger partial charge on any atom is 0.481 e. The summed E-state index contributed by atoms with van der Waals surface area (Å²) in [5, 5.41) is 34.9. The lowest BCUT2D eigenvalue weighted by molar-refractivity contribution is -0.137. The van der Waals surface area contributed by atoms with Crippen LogP contribution in [0.5, 0.6) is 0 Å². The zero-order valence-electron chi connectivity index (χ0n) is 32.6. The van der Waals surface area contributed by atoms with Crippen molar-refractivity contribution in [2.45, 2.75) is 76.6 Å². The summed E-state index contributed by atoms with van der Waals surface area (Å²) in [5.74, 6) is -2.14. The standard InChI is InChI=1S/C31H48N7O19P3S/c1-31(2,26(44)29(45)34-12-11-20(39)33-13-14-61-22(42)10-8-6-4-3-5-7-9-21(40)41)16-54-60(51,52)57-59(49,50)53-15-19-25(56-58(46,47)48)24(43)30(55-19)38-18-37-23-27(32)35-17-36-28(23)38/h4-7,17-19,24-26,30,43-44H,3,8-16H2,1-2H3,(H,33,39)(H,34,45)(H,40,41)(H,49,50)(H,51,52)(H2,32,35,36)(H2,46,47,48)/b6-4+,7-5+. The summed E-state index contributed by atoms with van der Waals surface area (Å²) in [6.07, 6.45) is 1.11. The molecule has 2 aromatic heterocycles. The Kier molecular flexibility index (Phi) is 19.8. The van der Waals surface area contributed by atoms with Gasteiger partial charge in [0.1, 0.15) is 36.3 Å². The largest absolute Gasteiger partial charge is 0.481 e. The van der Waals surface area contributed by atoms with Gasteiger partial charge in [-0.05, 0) is 12.8 Å². The predicted molar refractivity (Wildman–Crippen MR) is 211 cm³/mol. The number of allylic oxidation sites excluding steroid dienone is 3. The smallest absolute Gasteiger partial charge is 0.481 e. The van der Waals surface area contributed by atoms with Crippen molar-refractivity contribution >= 4 is 75.1 Å². The van der Waals surface area contributed by atoms with Gasteiger partial charge in [0.05, 0.1) is 26.0 Å². The lowest BCUT2D eigenvalue weighted by atomic mass is 9.87. The van der Waals surface area contributed by atoms with Crippen molar-refractivity contribution in [3.63, 3.8) is 0 Å². The summed E-state index contributed by atoms with van der Waals surface area (Å²) in [5.41, 5.74) is 4.22. The number of carboxylic acids is 1. The molecule has 26 nitrogen and oxygen atoms in total. The van der Waals surface area contributed by atoms with Gasteiger partial charge in [-0.1, -0.05) is 49.9 Å². The van der Waals surface area contributed by atoms with Crippen molar-refractivity contribution in [1.29, 1.82) is 0 Å². The molecular formula is C31H48N7O19P3S. The number of hydrogen-bond acceptors (Lipinski definition) is 19. The van der Waals surface area contributed by atoms with E-state index < -0.39 is 90.5 Å². The number of aromatic nitrogens is 4. The van der Waals surface area contributed by atoms with Crippen LogP contribution < -0.4 is 16.4 Å². The number of hydrogen-bond donors (Lipinski definition) is 10. The molecule has 0 spiro atoms. The molecule has 7 atom stereocenters. The number of carbonyl (C=O) groups excluding carboxylic acids is 3. The molecule has 30 heteroatoms. The summed E-state index contributed by atoms with van der Waals surface area (Å²) in [6, 6.07) is 0. The van der Waals surface area contributed by atoms with E-state index in [9.17, 15) is 62.7 Å². The van der Waals surface area contributed by atoms with E-state index in [1.807, 2.05) is 12.2 Å². The number of nitrogens with zero attached hydrogens (tertiary/aromatic N) is 4. The van der Waals surface area contributed by atoms with Gasteiger partial charge >= 0.3 is 29.4 Å². The molecule has 3 rings (SSSR count). The number of nitrogen functional groups attached to an aromatic ring is 1. The van der Waals surface area contributed by atoms with Crippen LogP contribution in [0.3, 0.4) is 0 Å². The molecular weight excluding hydrogens is 899 g/mol. The molecule has 0 aromatic carbocycles. The van der Waals surface area contributed by atoms with Gasteiger partial charge in [0, 0.05) is 37.1 Å². The quantitative estimate of drug-likeness (QED) is 0.0347. The molecule has 0 bridgehead atoms. The second kappa shape index (κ2) is 23.3. The van der Waals surface area contributed by atoms with E-state index >= 15 is 0 Å². The minimum Gasteiger partial charge on any atom is -0.481 e. The van der Waals surface area contributed by atoms with E-state index in [1.165, 1.54) is 19.9 Å². The van der Waals surface area contributed by atoms with Crippen LogP contribution >= 0.6 is 35.2 Å². The Balaban J connectivity index is 1.41. The highest BCUT2D eigenvalue weighted by Crippen LogP contribution is 2.61. The number of aliphatic carboxylic acids is 1. The van der Waals surface area contributed by atoms with Crippen LogP contribution in [0.2, 0.25) is 0 Å². The van der Waals surface area contributed by atoms with Gasteiger partial charge in [0.25, 0.3) is 0 Å². The fraction of sp³-hybridized carbons (Fsp3) is 0.581. The monoisotopic (exact) mass is 947 g/mol. The zero-order valence-corrected chi connectivity index (χ0v) is 36.1. The number of imidazole rings is 1. The van der Waals surface area contributed by atoms with Crippen molar-refractivity contribution < 1.29 is 90.4 Å². The summed E-state index contributed by atoms with van der Waals surface area (Å²) in [6.45, 7) is 0.366. The van der Waals surface area contributed by atoms with Crippen molar-refractivity contribution in [2.75, 3.05) is 37.8 Å². The molecule has 0 saturated carbocycles. The number of aliphatic hydroxyl groups excluding tert-OH is 2. The molecule has 11 N–H and O–H groups in total. The number of amides is 2. The normalized spacial score (nSPS) is 21.0. The Morgan fingerprint density at radius 1 is 1.00 bits per heavy atom. The Labute approximate surface area is 351 Å². The summed E-state index contributed by atoms with van der Waals surface area (Å²) in [7, 11) is -16.4. The zero-order chi connectivity index (χ0) is 45.6. The molecule has 1 aliphatic rings. The number of fused-ring (bicyclic) bond motifs is 1. The average Bonchev–Trinajstić information content (AvgIpc) is 3.72. The van der Waals surface area contributed by atoms with Crippen molar-refractivity contribution in [1.82, 2.24) is 30.2 Å². The van der Waals surface area contributed by atoms with E-state index in [0.717, 1.165) is 29.0 Å². The number of carbonyl (C=O) groups is 4. The van der Waals surface area contributed by atoms with E-state index in [-0.39, 0.29) is 54.4 Å². The number of rotatable bonds is 26. The molecule has 61 heavy (non-hydrogen) atoms. The van der Waals surface area contributed by atoms with E-state index in [1.54, 1.807) is 6.08 Å². The van der Waals surface area contributed by atoms with Gasteiger partial charge in [0.2, 0.25) is 11.8 Å².